The number of nitrogens with one attached hydrogen (secondary N) is 2. The van der Waals surface area contributed by atoms with Gasteiger partial charge in [0.05, 0.1) is 11.7 Å². The lowest BCUT2D eigenvalue weighted by Gasteiger charge is -2.58. The number of amides is 3. The number of carbonyl (C=O) groups excluding carboxylic acids is 3. The molecule has 2 unspecified atom stereocenters. The van der Waals surface area contributed by atoms with Crippen molar-refractivity contribution in [3.05, 3.63) is 36.3 Å². The summed E-state index contributed by atoms with van der Waals surface area (Å²) < 4.78 is 8.79. The molecule has 2 aromatic heterocycles. The molecule has 6 rings (SSSR count). The number of ether oxygens (including phenoxy) is 1. The minimum atomic E-state index is -0.719. The highest BCUT2D eigenvalue weighted by atomic mass is 16.6. The Morgan fingerprint density at radius 2 is 1.92 bits per heavy atom. The fourth-order valence-electron chi connectivity index (χ4n) is 6.75. The highest BCUT2D eigenvalue weighted by Crippen LogP contribution is 2.57. The van der Waals surface area contributed by atoms with E-state index < -0.39 is 17.2 Å². The van der Waals surface area contributed by atoms with Crippen LogP contribution in [0.25, 0.3) is 12.0 Å². The van der Waals surface area contributed by atoms with Crippen LogP contribution in [0.5, 0.6) is 0 Å². The number of rotatable bonds is 7. The molecule has 4 bridgehead atoms. The van der Waals surface area contributed by atoms with Crippen molar-refractivity contribution in [2.75, 3.05) is 0 Å². The van der Waals surface area contributed by atoms with E-state index >= 15 is 0 Å². The highest BCUT2D eigenvalue weighted by Gasteiger charge is 2.57. The maximum atomic E-state index is 13.6. The van der Waals surface area contributed by atoms with Gasteiger partial charge in [-0.15, -0.1) is 0 Å². The molecule has 0 aliphatic heterocycles. The molecule has 4 aliphatic carbocycles. The van der Waals surface area contributed by atoms with Gasteiger partial charge in [0.1, 0.15) is 11.2 Å². The summed E-state index contributed by atoms with van der Waals surface area (Å²) >= 11 is 0. The molecular weight excluding hydrogens is 462 g/mol. The number of hydrogen-bond donors (Lipinski definition) is 3. The first kappa shape index (κ1) is 24.1. The Bertz CT molecular complexity index is 1180. The first-order valence-electron chi connectivity index (χ1n) is 12.4. The molecule has 4 fully saturated rings. The Balaban J connectivity index is 1.38. The predicted molar refractivity (Wildman–Crippen MR) is 131 cm³/mol. The lowest BCUT2D eigenvalue weighted by Crippen LogP contribution is -2.63. The van der Waals surface area contributed by atoms with Gasteiger partial charge in [0, 0.05) is 31.6 Å². The van der Waals surface area contributed by atoms with Gasteiger partial charge in [-0.2, -0.15) is 10.2 Å². The molecule has 0 saturated heterocycles. The Labute approximate surface area is 209 Å². The molecule has 4 N–H and O–H groups in total. The molecule has 2 heterocycles. The van der Waals surface area contributed by atoms with Crippen LogP contribution in [0.3, 0.4) is 0 Å². The van der Waals surface area contributed by atoms with Crippen LogP contribution in [0.15, 0.2) is 30.7 Å². The van der Waals surface area contributed by atoms with E-state index in [1.807, 2.05) is 19.9 Å². The number of primary amides is 1. The topological polar surface area (TPSA) is 146 Å². The smallest absolute Gasteiger partial charge is 0.405 e. The second-order valence-corrected chi connectivity index (χ2v) is 11.1. The average Bonchev–Trinajstić information content (AvgIpc) is 3.42. The number of hydrogen-bond acceptors (Lipinski definition) is 6. The zero-order chi connectivity index (χ0) is 25.7. The summed E-state index contributed by atoms with van der Waals surface area (Å²) in [7, 11) is 0. The summed E-state index contributed by atoms with van der Waals surface area (Å²) in [6.07, 6.45) is 12.1. The van der Waals surface area contributed by atoms with Crippen molar-refractivity contribution < 1.29 is 19.1 Å². The normalized spacial score (nSPS) is 28.9. The third-order valence-electron chi connectivity index (χ3n) is 7.70. The van der Waals surface area contributed by atoms with E-state index in [9.17, 15) is 14.4 Å². The lowest BCUT2D eigenvalue weighted by molar-refractivity contribution is -0.137. The van der Waals surface area contributed by atoms with E-state index in [0.717, 1.165) is 32.1 Å². The van der Waals surface area contributed by atoms with Crippen molar-refractivity contribution in [3.63, 3.8) is 0 Å². The Morgan fingerprint density at radius 1 is 1.19 bits per heavy atom. The minimum Gasteiger partial charge on any atom is -0.443 e. The van der Waals surface area contributed by atoms with Gasteiger partial charge >= 0.3 is 6.09 Å². The molecule has 2 aromatic rings. The molecule has 192 valence electrons. The van der Waals surface area contributed by atoms with Crippen LogP contribution in [-0.2, 0) is 9.53 Å². The second kappa shape index (κ2) is 8.79. The maximum Gasteiger partial charge on any atom is 0.405 e. The summed E-state index contributed by atoms with van der Waals surface area (Å²) in [4.78, 5) is 36.6. The third-order valence-corrected chi connectivity index (χ3v) is 7.70. The zero-order valence-electron chi connectivity index (χ0n) is 20.8. The average molecular weight is 496 g/mol. The van der Waals surface area contributed by atoms with Gasteiger partial charge in [-0.3, -0.25) is 9.59 Å². The lowest BCUT2D eigenvalue weighted by atomic mass is 9.52. The van der Waals surface area contributed by atoms with Crippen molar-refractivity contribution in [2.24, 2.45) is 23.5 Å². The molecule has 0 aromatic carbocycles. The van der Waals surface area contributed by atoms with Gasteiger partial charge in [-0.05, 0) is 75.8 Å². The SMILES string of the molecule is CC(=O)NC(C)(C)/C=C/n1ncc(C(=O)NC2C3CC4CC2CC(OC(N)=O)(C4)C3)c1-n1cccn1. The molecule has 4 saturated carbocycles. The van der Waals surface area contributed by atoms with Gasteiger partial charge in [-0.25, -0.2) is 14.2 Å². The first-order chi connectivity index (χ1) is 17.0. The molecule has 0 radical (unpaired) electrons. The van der Waals surface area contributed by atoms with Crippen molar-refractivity contribution in [1.29, 1.82) is 0 Å². The summed E-state index contributed by atoms with van der Waals surface area (Å²) in [6.45, 7) is 5.21. The molecule has 11 nitrogen and oxygen atoms in total. The van der Waals surface area contributed by atoms with Crippen LogP contribution in [-0.4, -0.2) is 54.7 Å². The monoisotopic (exact) mass is 495 g/mol. The van der Waals surface area contributed by atoms with Gasteiger partial charge in [0.2, 0.25) is 5.91 Å². The molecule has 2 atom stereocenters. The number of nitrogens with two attached hydrogens (primary N) is 1. The summed E-state index contributed by atoms with van der Waals surface area (Å²) in [5.74, 6) is 1.11. The van der Waals surface area contributed by atoms with Crippen molar-refractivity contribution in [3.8, 4) is 5.82 Å². The Morgan fingerprint density at radius 3 is 2.53 bits per heavy atom. The molecule has 4 aliphatic rings. The second-order valence-electron chi connectivity index (χ2n) is 11.1. The van der Waals surface area contributed by atoms with Crippen LogP contribution in [0.4, 0.5) is 4.79 Å². The number of carbonyl (C=O) groups is 3. The van der Waals surface area contributed by atoms with Gasteiger partial charge in [0.15, 0.2) is 5.82 Å². The van der Waals surface area contributed by atoms with Crippen LogP contribution in [0.2, 0.25) is 0 Å². The summed E-state index contributed by atoms with van der Waals surface area (Å²) in [5, 5.41) is 14.9. The summed E-state index contributed by atoms with van der Waals surface area (Å²) in [6, 6.07) is 1.78. The van der Waals surface area contributed by atoms with Gasteiger partial charge < -0.3 is 21.1 Å². The van der Waals surface area contributed by atoms with Gasteiger partial charge in [-0.1, -0.05) is 0 Å². The number of aromatic nitrogens is 4. The maximum absolute atomic E-state index is 13.6. The van der Waals surface area contributed by atoms with Crippen LogP contribution in [0.1, 0.15) is 63.2 Å². The Hall–Kier alpha value is -3.63. The van der Waals surface area contributed by atoms with E-state index in [1.54, 1.807) is 34.0 Å². The van der Waals surface area contributed by atoms with E-state index in [-0.39, 0.29) is 29.7 Å². The largest absolute Gasteiger partial charge is 0.443 e. The van der Waals surface area contributed by atoms with Crippen molar-refractivity contribution >= 4 is 24.1 Å². The zero-order valence-corrected chi connectivity index (χ0v) is 20.8. The molecule has 3 amide bonds. The van der Waals surface area contributed by atoms with E-state index in [2.05, 4.69) is 20.8 Å². The van der Waals surface area contributed by atoms with E-state index in [0.29, 0.717) is 17.3 Å². The first-order valence-corrected chi connectivity index (χ1v) is 12.4. The number of nitrogens with zero attached hydrogens (tertiary/aromatic N) is 4. The predicted octanol–water partition coefficient (Wildman–Crippen LogP) is 2.23. The third kappa shape index (κ3) is 4.61. The fourth-order valence-corrected chi connectivity index (χ4v) is 6.75. The summed E-state index contributed by atoms with van der Waals surface area (Å²) in [5.41, 5.74) is 4.68. The Kier molecular flexibility index (Phi) is 5.88. The molecular formula is C25H33N7O4. The van der Waals surface area contributed by atoms with Crippen LogP contribution in [0, 0.1) is 17.8 Å². The van der Waals surface area contributed by atoms with Crippen LogP contribution >= 0.6 is 0 Å². The van der Waals surface area contributed by atoms with Crippen molar-refractivity contribution in [1.82, 2.24) is 30.2 Å². The van der Waals surface area contributed by atoms with E-state index in [4.69, 9.17) is 10.5 Å². The standard InChI is InChI=1S/C25H33N7O4/c1-15(33)30-24(2,3)5-8-32-22(31-7-4-6-27-31)19(14-28-32)21(34)29-20-17-9-16-10-18(20)13-25(11-16,12-17)36-23(26)35/h4-8,14,16-18,20H,9-13H2,1-3H3,(H2,26,35)(H,29,34)(H,30,33)/b8-5+. The quantitative estimate of drug-likeness (QED) is 0.537. The van der Waals surface area contributed by atoms with Gasteiger partial charge in [0.25, 0.3) is 5.91 Å². The molecule has 36 heavy (non-hydrogen) atoms. The van der Waals surface area contributed by atoms with Crippen molar-refractivity contribution in [2.45, 2.75) is 70.1 Å². The van der Waals surface area contributed by atoms with E-state index in [1.165, 1.54) is 13.1 Å². The fraction of sp³-hybridized carbons (Fsp3) is 0.560. The minimum absolute atomic E-state index is 0.00159. The molecule has 0 spiro atoms. The van der Waals surface area contributed by atoms with Crippen LogP contribution < -0.4 is 16.4 Å². The molecule has 11 heteroatoms. The highest BCUT2D eigenvalue weighted by molar-refractivity contribution is 5.97.